The predicted molar refractivity (Wildman–Crippen MR) is 125 cm³/mol. The largest absolute Gasteiger partial charge is 0.352 e. The first-order valence-electron chi connectivity index (χ1n) is 12.7. The lowest BCUT2D eigenvalue weighted by atomic mass is 9.91. The number of carbonyl (C=O) groups excluding carboxylic acids is 2. The molecule has 5 rings (SSSR count). The number of benzene rings is 1. The number of hydrogen-bond acceptors (Lipinski definition) is 4. The lowest BCUT2D eigenvalue weighted by Gasteiger charge is -2.30. The van der Waals surface area contributed by atoms with Gasteiger partial charge in [0.05, 0.1) is 0 Å². The normalized spacial score (nSPS) is 30.5. The number of hydrogen-bond donors (Lipinski definition) is 2. The molecule has 4 aliphatic rings. The van der Waals surface area contributed by atoms with Gasteiger partial charge in [-0.15, -0.1) is 0 Å². The van der Waals surface area contributed by atoms with Crippen LogP contribution < -0.4 is 11.1 Å². The number of carbonyl (C=O) groups is 2. The Balaban J connectivity index is 1.29. The minimum absolute atomic E-state index is 0.0491. The zero-order valence-corrected chi connectivity index (χ0v) is 19.3. The van der Waals surface area contributed by atoms with Crippen molar-refractivity contribution in [1.82, 2.24) is 15.1 Å². The maximum absolute atomic E-state index is 13.3. The van der Waals surface area contributed by atoms with Gasteiger partial charge in [0.2, 0.25) is 11.8 Å². The minimum Gasteiger partial charge on any atom is -0.352 e. The summed E-state index contributed by atoms with van der Waals surface area (Å²) < 4.78 is 0. The van der Waals surface area contributed by atoms with Crippen molar-refractivity contribution in [3.63, 3.8) is 0 Å². The van der Waals surface area contributed by atoms with Crippen molar-refractivity contribution in [2.75, 3.05) is 6.54 Å². The first-order chi connectivity index (χ1) is 15.5. The highest BCUT2D eigenvalue weighted by atomic mass is 16.2. The van der Waals surface area contributed by atoms with Crippen LogP contribution in [0.15, 0.2) is 24.3 Å². The number of nitrogens with one attached hydrogen (secondary N) is 1. The maximum Gasteiger partial charge on any atom is 0.243 e. The molecule has 1 aliphatic heterocycles. The van der Waals surface area contributed by atoms with Crippen LogP contribution in [-0.2, 0) is 16.1 Å². The standard InChI is InChI=1S/C26H38N4O2/c1-17-2-4-18(5-3-17)15-29(22-12-13-22)23-14-24(30(16-23)26(32)19-6-7-19)25(31)28-21-10-8-20(27)9-11-21/h2-5,19-24H,6-16,27H2,1H3,(H,28,31). The summed E-state index contributed by atoms with van der Waals surface area (Å²) in [5.74, 6) is 0.389. The van der Waals surface area contributed by atoms with Gasteiger partial charge >= 0.3 is 0 Å². The van der Waals surface area contributed by atoms with Gasteiger partial charge in [0.1, 0.15) is 6.04 Å². The van der Waals surface area contributed by atoms with Crippen LogP contribution in [0, 0.1) is 12.8 Å². The van der Waals surface area contributed by atoms with E-state index in [-0.39, 0.29) is 41.9 Å². The fourth-order valence-electron chi connectivity index (χ4n) is 5.54. The van der Waals surface area contributed by atoms with Gasteiger partial charge in [-0.05, 0) is 70.3 Å². The Hall–Kier alpha value is -1.92. The van der Waals surface area contributed by atoms with Crippen LogP contribution in [0.4, 0.5) is 0 Å². The van der Waals surface area contributed by atoms with Crippen LogP contribution in [0.2, 0.25) is 0 Å². The average Bonchev–Trinajstić information content (AvgIpc) is 3.71. The molecule has 32 heavy (non-hydrogen) atoms. The third-order valence-corrected chi connectivity index (χ3v) is 7.88. The Labute approximate surface area is 191 Å². The van der Waals surface area contributed by atoms with E-state index in [0.717, 1.165) is 51.5 Å². The third-order valence-electron chi connectivity index (χ3n) is 7.88. The summed E-state index contributed by atoms with van der Waals surface area (Å²) >= 11 is 0. The second kappa shape index (κ2) is 9.14. The van der Waals surface area contributed by atoms with Crippen molar-refractivity contribution < 1.29 is 9.59 Å². The molecule has 3 saturated carbocycles. The molecule has 1 aromatic rings. The first-order valence-corrected chi connectivity index (χ1v) is 12.7. The van der Waals surface area contributed by atoms with Gasteiger partial charge in [0.15, 0.2) is 0 Å². The zero-order valence-electron chi connectivity index (χ0n) is 19.3. The Morgan fingerprint density at radius 2 is 1.69 bits per heavy atom. The lowest BCUT2D eigenvalue weighted by Crippen LogP contribution is -2.50. The van der Waals surface area contributed by atoms with E-state index in [9.17, 15) is 9.59 Å². The Morgan fingerprint density at radius 1 is 1.00 bits per heavy atom. The number of amides is 2. The second-order valence-electron chi connectivity index (χ2n) is 10.7. The summed E-state index contributed by atoms with van der Waals surface area (Å²) in [7, 11) is 0. The highest BCUT2D eigenvalue weighted by molar-refractivity contribution is 5.90. The van der Waals surface area contributed by atoms with Gasteiger partial charge in [0, 0.05) is 43.2 Å². The van der Waals surface area contributed by atoms with E-state index in [1.54, 1.807) is 0 Å². The van der Waals surface area contributed by atoms with Gasteiger partial charge in [0.25, 0.3) is 0 Å². The molecule has 0 spiro atoms. The van der Waals surface area contributed by atoms with E-state index in [4.69, 9.17) is 5.73 Å². The van der Waals surface area contributed by atoms with E-state index in [1.807, 2.05) is 4.90 Å². The monoisotopic (exact) mass is 438 g/mol. The van der Waals surface area contributed by atoms with Gasteiger partial charge in [-0.1, -0.05) is 29.8 Å². The minimum atomic E-state index is -0.331. The quantitative estimate of drug-likeness (QED) is 0.686. The van der Waals surface area contributed by atoms with E-state index in [2.05, 4.69) is 41.4 Å². The van der Waals surface area contributed by atoms with E-state index in [0.29, 0.717) is 12.6 Å². The average molecular weight is 439 g/mol. The maximum atomic E-state index is 13.3. The fourth-order valence-corrected chi connectivity index (χ4v) is 5.54. The molecule has 2 atom stereocenters. The van der Waals surface area contributed by atoms with E-state index in [1.165, 1.54) is 24.0 Å². The number of likely N-dealkylation sites (tertiary alicyclic amines) is 1. The van der Waals surface area contributed by atoms with Crippen molar-refractivity contribution >= 4 is 11.8 Å². The molecule has 6 nitrogen and oxygen atoms in total. The molecular weight excluding hydrogens is 400 g/mol. The van der Waals surface area contributed by atoms with Crippen molar-refractivity contribution in [3.05, 3.63) is 35.4 Å². The SMILES string of the molecule is Cc1ccc(CN(C2CC2)C2CC(C(=O)NC3CCC(N)CC3)N(C(=O)C3CC3)C2)cc1. The Bertz CT molecular complexity index is 825. The number of nitrogens with two attached hydrogens (primary N) is 1. The molecule has 0 radical (unpaired) electrons. The summed E-state index contributed by atoms with van der Waals surface area (Å²) in [5, 5.41) is 3.28. The lowest BCUT2D eigenvalue weighted by molar-refractivity contribution is -0.139. The highest BCUT2D eigenvalue weighted by Gasteiger charge is 2.48. The molecule has 174 valence electrons. The summed E-state index contributed by atoms with van der Waals surface area (Å²) in [5.41, 5.74) is 8.62. The smallest absolute Gasteiger partial charge is 0.243 e. The van der Waals surface area contributed by atoms with E-state index >= 15 is 0 Å². The topological polar surface area (TPSA) is 78.7 Å². The van der Waals surface area contributed by atoms with E-state index < -0.39 is 0 Å². The van der Waals surface area contributed by atoms with Crippen molar-refractivity contribution in [2.24, 2.45) is 11.7 Å². The number of nitrogens with zero attached hydrogens (tertiary/aromatic N) is 2. The summed E-state index contributed by atoms with van der Waals surface area (Å²) in [6.07, 6.45) is 8.97. The van der Waals surface area contributed by atoms with Gasteiger partial charge in [-0.3, -0.25) is 14.5 Å². The Morgan fingerprint density at radius 3 is 2.31 bits per heavy atom. The Kier molecular flexibility index (Phi) is 6.26. The van der Waals surface area contributed by atoms with Gasteiger partial charge in [-0.25, -0.2) is 0 Å². The third kappa shape index (κ3) is 5.01. The molecule has 1 aromatic carbocycles. The molecule has 3 N–H and O–H groups in total. The zero-order chi connectivity index (χ0) is 22.2. The van der Waals surface area contributed by atoms with Crippen molar-refractivity contribution in [3.8, 4) is 0 Å². The first kappa shape index (κ1) is 21.9. The molecule has 2 amide bonds. The molecule has 0 bridgehead atoms. The van der Waals surface area contributed by atoms with Crippen LogP contribution in [0.1, 0.15) is 68.9 Å². The second-order valence-corrected chi connectivity index (χ2v) is 10.7. The highest BCUT2D eigenvalue weighted by Crippen LogP contribution is 2.38. The van der Waals surface area contributed by atoms with Gasteiger partial charge in [-0.2, -0.15) is 0 Å². The molecular formula is C26H38N4O2. The van der Waals surface area contributed by atoms with Crippen LogP contribution in [-0.4, -0.2) is 58.4 Å². The summed E-state index contributed by atoms with van der Waals surface area (Å²) in [4.78, 5) is 31.0. The molecule has 4 fully saturated rings. The van der Waals surface area contributed by atoms with Crippen molar-refractivity contribution in [2.45, 2.75) is 101 Å². The molecule has 6 heteroatoms. The van der Waals surface area contributed by atoms with Gasteiger partial charge < -0.3 is 16.0 Å². The van der Waals surface area contributed by atoms with Crippen LogP contribution >= 0.6 is 0 Å². The molecule has 0 aromatic heterocycles. The fraction of sp³-hybridized carbons (Fsp3) is 0.692. The molecule has 1 saturated heterocycles. The van der Waals surface area contributed by atoms with Crippen molar-refractivity contribution in [1.29, 1.82) is 0 Å². The van der Waals surface area contributed by atoms with Crippen LogP contribution in [0.25, 0.3) is 0 Å². The predicted octanol–water partition coefficient (Wildman–Crippen LogP) is 2.73. The van der Waals surface area contributed by atoms with Crippen LogP contribution in [0.5, 0.6) is 0 Å². The molecule has 1 heterocycles. The number of aryl methyl sites for hydroxylation is 1. The summed E-state index contributed by atoms with van der Waals surface area (Å²) in [6.45, 7) is 3.70. The van der Waals surface area contributed by atoms with Crippen LogP contribution in [0.3, 0.4) is 0 Å². The molecule has 3 aliphatic carbocycles. The summed E-state index contributed by atoms with van der Waals surface area (Å²) in [6, 6.07) is 9.74. The number of rotatable bonds is 7. The molecule has 2 unspecified atom stereocenters.